The summed E-state index contributed by atoms with van der Waals surface area (Å²) in [4.78, 5) is 14.6. The molecule has 4 nitrogen and oxygen atoms in total. The van der Waals surface area contributed by atoms with Crippen LogP contribution in [0.15, 0.2) is 0 Å². The Hall–Kier alpha value is -1.03. The Balaban J connectivity index is 2.98. The number of carboxylic acids is 1. The van der Waals surface area contributed by atoms with Gasteiger partial charge in [-0.3, -0.25) is 0 Å². The third kappa shape index (κ3) is 2.07. The molecule has 0 aromatic carbocycles. The summed E-state index contributed by atoms with van der Waals surface area (Å²) < 4.78 is 1.04. The van der Waals surface area contributed by atoms with Crippen LogP contribution >= 0.6 is 11.6 Å². The zero-order chi connectivity index (χ0) is 10.7. The summed E-state index contributed by atoms with van der Waals surface area (Å²) in [5.41, 5.74) is -0.155. The number of carboxylic acid groups (broad SMARTS) is 1. The molecular formula is C9H11ClN2O2. The van der Waals surface area contributed by atoms with E-state index in [2.05, 4.69) is 4.98 Å². The molecule has 2 radical (unpaired) electrons. The third-order valence-corrected chi connectivity index (χ3v) is 2.16. The summed E-state index contributed by atoms with van der Waals surface area (Å²) in [6.07, 6.45) is 2.54. The number of aromatic nitrogens is 2. The van der Waals surface area contributed by atoms with Crippen LogP contribution in [0, 0.1) is 7.05 Å². The van der Waals surface area contributed by atoms with E-state index in [4.69, 9.17) is 23.8 Å². The number of imidazole rings is 1. The smallest absolute Gasteiger partial charge is 0.355 e. The van der Waals surface area contributed by atoms with Crippen LogP contribution in [-0.2, 0) is 6.42 Å². The molecule has 0 bridgehead atoms. The highest BCUT2D eigenvalue weighted by molar-refractivity contribution is 6.32. The van der Waals surface area contributed by atoms with E-state index in [0.717, 1.165) is 17.4 Å². The van der Waals surface area contributed by atoms with Crippen LogP contribution in [0.5, 0.6) is 0 Å². The van der Waals surface area contributed by atoms with Gasteiger partial charge in [0.05, 0.1) is 7.05 Å². The van der Waals surface area contributed by atoms with E-state index in [1.165, 1.54) is 0 Å². The van der Waals surface area contributed by atoms with Crippen LogP contribution in [0.3, 0.4) is 0 Å². The average molecular weight is 215 g/mol. The molecule has 5 heteroatoms. The molecule has 0 aliphatic heterocycles. The number of unbranched alkanes of at least 4 members (excludes halogenated alkanes) is 1. The number of hydrogen-bond acceptors (Lipinski definition) is 2. The van der Waals surface area contributed by atoms with Gasteiger partial charge in [0.15, 0.2) is 10.8 Å². The van der Waals surface area contributed by atoms with E-state index in [1.54, 1.807) is 0 Å². The molecule has 1 heterocycles. The summed E-state index contributed by atoms with van der Waals surface area (Å²) in [6, 6.07) is 0. The van der Waals surface area contributed by atoms with E-state index in [0.29, 0.717) is 12.2 Å². The number of carbonyl (C=O) groups is 1. The van der Waals surface area contributed by atoms with E-state index >= 15 is 0 Å². The van der Waals surface area contributed by atoms with Gasteiger partial charge >= 0.3 is 5.97 Å². The number of halogens is 1. The fourth-order valence-electron chi connectivity index (χ4n) is 1.15. The van der Waals surface area contributed by atoms with Crippen molar-refractivity contribution in [2.75, 3.05) is 0 Å². The zero-order valence-corrected chi connectivity index (χ0v) is 8.58. The van der Waals surface area contributed by atoms with Crippen LogP contribution in [0.25, 0.3) is 0 Å². The summed E-state index contributed by atoms with van der Waals surface area (Å²) in [6.45, 7) is 2.03. The van der Waals surface area contributed by atoms with Crippen LogP contribution in [0.2, 0.25) is 5.15 Å². The van der Waals surface area contributed by atoms with Gasteiger partial charge in [-0.15, -0.1) is 0 Å². The zero-order valence-electron chi connectivity index (χ0n) is 7.83. The van der Waals surface area contributed by atoms with Crippen molar-refractivity contribution in [3.8, 4) is 0 Å². The summed E-state index contributed by atoms with van der Waals surface area (Å²) in [5, 5.41) is 8.71. The molecule has 0 spiro atoms. The Kier molecular flexibility index (Phi) is 3.52. The monoisotopic (exact) mass is 214 g/mol. The summed E-state index contributed by atoms with van der Waals surface area (Å²) in [7, 11) is 5.53. The second-order valence-corrected chi connectivity index (χ2v) is 3.30. The van der Waals surface area contributed by atoms with Gasteiger partial charge in [0.1, 0.15) is 5.82 Å². The van der Waals surface area contributed by atoms with Crippen molar-refractivity contribution in [2.24, 2.45) is 0 Å². The molecule has 1 aromatic rings. The fraction of sp³-hybridized carbons (Fsp3) is 0.444. The third-order valence-electron chi connectivity index (χ3n) is 1.90. The Morgan fingerprint density at radius 2 is 2.36 bits per heavy atom. The maximum absolute atomic E-state index is 10.7. The van der Waals surface area contributed by atoms with Crippen molar-refractivity contribution in [3.63, 3.8) is 0 Å². The second-order valence-electron chi connectivity index (χ2n) is 2.95. The molecule has 0 saturated heterocycles. The number of nitrogens with zero attached hydrogens (tertiary/aromatic N) is 2. The first-order valence-corrected chi connectivity index (χ1v) is 4.71. The molecule has 0 atom stereocenters. The first-order chi connectivity index (χ1) is 6.57. The Labute approximate surface area is 87.5 Å². The second kappa shape index (κ2) is 4.46. The largest absolute Gasteiger partial charge is 0.476 e. The highest BCUT2D eigenvalue weighted by Crippen LogP contribution is 2.17. The predicted molar refractivity (Wildman–Crippen MR) is 52.5 cm³/mol. The molecule has 76 valence electrons. The predicted octanol–water partition coefficient (Wildman–Crippen LogP) is 2.09. The van der Waals surface area contributed by atoms with Gasteiger partial charge < -0.3 is 9.67 Å². The fourth-order valence-corrected chi connectivity index (χ4v) is 1.42. The molecule has 0 aliphatic rings. The minimum Gasteiger partial charge on any atom is -0.476 e. The average Bonchev–Trinajstić information content (AvgIpc) is 2.38. The molecule has 1 N–H and O–H groups in total. The Morgan fingerprint density at radius 3 is 2.79 bits per heavy atom. The first-order valence-electron chi connectivity index (χ1n) is 4.33. The number of aryl methyl sites for hydroxylation is 1. The molecule has 0 aliphatic carbocycles. The number of hydrogen-bond donors (Lipinski definition) is 1. The van der Waals surface area contributed by atoms with Crippen molar-refractivity contribution in [1.29, 1.82) is 0 Å². The minimum atomic E-state index is -1.16. The molecule has 1 aromatic heterocycles. The molecule has 0 fully saturated rings. The van der Waals surface area contributed by atoms with Gasteiger partial charge in [-0.05, 0) is 6.42 Å². The van der Waals surface area contributed by atoms with Crippen LogP contribution in [-0.4, -0.2) is 20.6 Å². The van der Waals surface area contributed by atoms with Crippen LogP contribution in [0.1, 0.15) is 36.1 Å². The number of aromatic carboxylic acids is 1. The molecule has 0 saturated carbocycles. The van der Waals surface area contributed by atoms with Gasteiger partial charge in [-0.2, -0.15) is 0 Å². The minimum absolute atomic E-state index is 0.0499. The van der Waals surface area contributed by atoms with Crippen molar-refractivity contribution < 1.29 is 9.90 Å². The van der Waals surface area contributed by atoms with Crippen molar-refractivity contribution in [2.45, 2.75) is 26.2 Å². The number of rotatable bonds is 4. The van der Waals surface area contributed by atoms with Gasteiger partial charge in [0.25, 0.3) is 0 Å². The van der Waals surface area contributed by atoms with Gasteiger partial charge in [-0.25, -0.2) is 9.78 Å². The molecule has 1 rings (SSSR count). The normalized spacial score (nSPS) is 10.5. The maximum atomic E-state index is 10.7. The first kappa shape index (κ1) is 11.0. The molecule has 0 unspecified atom stereocenters. The molecular weight excluding hydrogens is 204 g/mol. The van der Waals surface area contributed by atoms with E-state index in [9.17, 15) is 4.79 Å². The summed E-state index contributed by atoms with van der Waals surface area (Å²) >= 11 is 5.63. The lowest BCUT2D eigenvalue weighted by atomic mass is 10.2. The molecule has 0 amide bonds. The van der Waals surface area contributed by atoms with Crippen molar-refractivity contribution in [3.05, 3.63) is 23.7 Å². The van der Waals surface area contributed by atoms with E-state index in [-0.39, 0.29) is 10.8 Å². The Morgan fingerprint density at radius 1 is 1.71 bits per heavy atom. The van der Waals surface area contributed by atoms with Gasteiger partial charge in [0, 0.05) is 6.42 Å². The van der Waals surface area contributed by atoms with E-state index in [1.807, 2.05) is 6.92 Å². The van der Waals surface area contributed by atoms with Gasteiger partial charge in [0.2, 0.25) is 0 Å². The SMILES string of the molecule is [CH]n1c(CCCC)nc(Cl)c1C(=O)O. The summed E-state index contributed by atoms with van der Waals surface area (Å²) in [5.74, 6) is -0.651. The molecule has 14 heavy (non-hydrogen) atoms. The van der Waals surface area contributed by atoms with Crippen LogP contribution < -0.4 is 0 Å². The highest BCUT2D eigenvalue weighted by Gasteiger charge is 2.18. The lowest BCUT2D eigenvalue weighted by Gasteiger charge is -2.00. The Bertz CT molecular complexity index is 347. The lowest BCUT2D eigenvalue weighted by molar-refractivity contribution is 0.0688. The highest BCUT2D eigenvalue weighted by atomic mass is 35.5. The van der Waals surface area contributed by atoms with Crippen LogP contribution in [0.4, 0.5) is 0 Å². The topological polar surface area (TPSA) is 55.1 Å². The lowest BCUT2D eigenvalue weighted by Crippen LogP contribution is -2.06. The quantitative estimate of drug-likeness (QED) is 0.835. The van der Waals surface area contributed by atoms with E-state index < -0.39 is 5.97 Å². The van der Waals surface area contributed by atoms with Gasteiger partial charge in [-0.1, -0.05) is 24.9 Å². The maximum Gasteiger partial charge on any atom is 0.355 e. The standard InChI is InChI=1S/C9H11ClN2O2/c1-3-4-5-6-11-8(10)7(9(13)14)12(6)2/h2H,3-5H2,1H3,(H,13,14). The van der Waals surface area contributed by atoms with Crippen molar-refractivity contribution in [1.82, 2.24) is 9.55 Å². The van der Waals surface area contributed by atoms with Crippen molar-refractivity contribution >= 4 is 17.6 Å².